The van der Waals surface area contributed by atoms with Crippen LogP contribution in [0.5, 0.6) is 0 Å². The molecule has 0 saturated carbocycles. The van der Waals surface area contributed by atoms with Gasteiger partial charge in [-0.25, -0.2) is 0 Å². The van der Waals surface area contributed by atoms with Crippen LogP contribution in [0.15, 0.2) is 194 Å². The molecule has 0 radical (unpaired) electrons. The molecule has 426 valence electrons. The summed E-state index contributed by atoms with van der Waals surface area (Å²) < 4.78 is 48.4. The highest BCUT2D eigenvalue weighted by atomic mass is 16.7. The van der Waals surface area contributed by atoms with Crippen molar-refractivity contribution >= 4 is 34.1 Å². The van der Waals surface area contributed by atoms with E-state index in [2.05, 4.69) is 204 Å². The van der Waals surface area contributed by atoms with Crippen LogP contribution < -0.4 is 9.80 Å². The van der Waals surface area contributed by atoms with E-state index in [1.165, 1.54) is 33.4 Å². The van der Waals surface area contributed by atoms with Crippen molar-refractivity contribution in [2.24, 2.45) is 0 Å². The predicted octanol–water partition coefficient (Wildman–Crippen LogP) is 17.2. The third-order valence-electron chi connectivity index (χ3n) is 17.1. The van der Waals surface area contributed by atoms with Gasteiger partial charge < -0.3 is 47.7 Å². The number of ether oxygens (including phenoxy) is 8. The number of nitrogens with zero attached hydrogens (tertiary/aromatic N) is 2. The Bertz CT molecular complexity index is 2970. The summed E-state index contributed by atoms with van der Waals surface area (Å²) in [7, 11) is 0. The minimum absolute atomic E-state index is 0.146. The lowest BCUT2D eigenvalue weighted by molar-refractivity contribution is -0.169. The molecule has 4 saturated heterocycles. The van der Waals surface area contributed by atoms with E-state index in [0.29, 0.717) is 26.4 Å². The van der Waals surface area contributed by atoms with Crippen LogP contribution in [0, 0.1) is 0 Å². The van der Waals surface area contributed by atoms with Gasteiger partial charge in [-0.15, -0.1) is 0 Å². The van der Waals surface area contributed by atoms with Gasteiger partial charge >= 0.3 is 0 Å². The van der Waals surface area contributed by atoms with Crippen molar-refractivity contribution in [1.82, 2.24) is 0 Å². The fraction of sp³-hybridized carbons (Fsp3) is 0.342. The van der Waals surface area contributed by atoms with E-state index in [9.17, 15) is 0 Å². The molecule has 4 heterocycles. The van der Waals surface area contributed by atoms with E-state index in [4.69, 9.17) is 37.9 Å². The molecule has 0 spiro atoms. The van der Waals surface area contributed by atoms with Gasteiger partial charge in [0.05, 0.1) is 31.8 Å². The summed E-state index contributed by atoms with van der Waals surface area (Å²) in [5.41, 5.74) is 17.5. The number of hydrogen-bond donors (Lipinski definition) is 0. The highest BCUT2D eigenvalue weighted by Crippen LogP contribution is 2.56. The van der Waals surface area contributed by atoms with Gasteiger partial charge in [-0.3, -0.25) is 0 Å². The van der Waals surface area contributed by atoms with Crippen LogP contribution in [0.2, 0.25) is 0 Å². The number of rotatable bonds is 20. The molecule has 13 rings (SSSR count). The number of fused-ring (bicyclic) bond motifs is 3. The molecule has 8 aromatic rings. The zero-order chi connectivity index (χ0) is 55.6. The third kappa shape index (κ3) is 12.5. The lowest BCUT2D eigenvalue weighted by Gasteiger charge is -2.35. The first-order valence-electron chi connectivity index (χ1n) is 30.4. The molecule has 0 N–H and O–H groups in total. The summed E-state index contributed by atoms with van der Waals surface area (Å²) in [5, 5.41) is 0. The molecule has 4 aliphatic heterocycles. The van der Waals surface area contributed by atoms with Crippen LogP contribution >= 0.6 is 0 Å². The van der Waals surface area contributed by atoms with E-state index in [1.54, 1.807) is 0 Å². The number of benzene rings is 8. The lowest BCUT2D eigenvalue weighted by atomic mass is 9.67. The normalized spacial score (nSPS) is 20.3. The Labute approximate surface area is 489 Å². The van der Waals surface area contributed by atoms with Gasteiger partial charge in [-0.05, 0) is 205 Å². The summed E-state index contributed by atoms with van der Waals surface area (Å²) in [6.07, 6.45) is 12.1. The highest BCUT2D eigenvalue weighted by molar-refractivity contribution is 5.87. The van der Waals surface area contributed by atoms with Gasteiger partial charge in [0.25, 0.3) is 0 Å². The standard InChI is InChI=1S/C73H76N2O8/c1-3-15-67-65(13-1)66-14-2-4-16-68(66)73(67,57-29-41-63(42-30-57)74(59-33-21-53(22-34-59)49-80-69-17-5-9-45-76-69)60-35-23-54(24-36-60)50-81-70-18-6-10-46-77-70)58-31-43-64(44-32-58)75(61-37-25-55(26-38-61)51-82-71-19-7-11-47-78-71)62-39-27-56(28-40-62)52-83-72-20-8-12-48-79-72/h1-4,13-16,21-44,69-72H,5-12,17-20,45-52H2. The van der Waals surface area contributed by atoms with Gasteiger partial charge in [0, 0.05) is 60.6 Å². The summed E-state index contributed by atoms with van der Waals surface area (Å²) in [4.78, 5) is 4.69. The topological polar surface area (TPSA) is 80.3 Å². The molecule has 0 aromatic heterocycles. The highest BCUT2D eigenvalue weighted by Gasteiger charge is 2.46. The third-order valence-corrected chi connectivity index (χ3v) is 17.1. The molecule has 0 amide bonds. The van der Waals surface area contributed by atoms with E-state index in [-0.39, 0.29) is 25.2 Å². The smallest absolute Gasteiger partial charge is 0.158 e. The van der Waals surface area contributed by atoms with Gasteiger partial charge in [0.2, 0.25) is 0 Å². The van der Waals surface area contributed by atoms with E-state index >= 15 is 0 Å². The quantitative estimate of drug-likeness (QED) is 0.0736. The zero-order valence-electron chi connectivity index (χ0n) is 47.6. The summed E-state index contributed by atoms with van der Waals surface area (Å²) >= 11 is 0. The van der Waals surface area contributed by atoms with Crippen molar-refractivity contribution in [3.63, 3.8) is 0 Å². The molecule has 10 heteroatoms. The Balaban J connectivity index is 0.842. The van der Waals surface area contributed by atoms with Crippen molar-refractivity contribution < 1.29 is 37.9 Å². The molecular weight excluding hydrogens is 1030 g/mol. The second-order valence-corrected chi connectivity index (χ2v) is 22.7. The van der Waals surface area contributed by atoms with E-state index < -0.39 is 5.41 Å². The van der Waals surface area contributed by atoms with Crippen LogP contribution in [0.25, 0.3) is 11.1 Å². The first kappa shape index (κ1) is 55.2. The molecule has 10 nitrogen and oxygen atoms in total. The van der Waals surface area contributed by atoms with Gasteiger partial charge in [-0.1, -0.05) is 121 Å². The fourth-order valence-corrected chi connectivity index (χ4v) is 12.7. The van der Waals surface area contributed by atoms with Crippen molar-refractivity contribution in [3.8, 4) is 11.1 Å². The lowest BCUT2D eigenvalue weighted by Crippen LogP contribution is -2.28. The molecule has 8 aromatic carbocycles. The summed E-state index contributed by atoms with van der Waals surface area (Å²) in [5.74, 6) is 0. The van der Waals surface area contributed by atoms with E-state index in [0.717, 1.165) is 160 Å². The summed E-state index contributed by atoms with van der Waals surface area (Å²) in [6, 6.07) is 71.5. The van der Waals surface area contributed by atoms with Crippen LogP contribution in [-0.2, 0) is 69.7 Å². The van der Waals surface area contributed by atoms with Gasteiger partial charge in [0.1, 0.15) is 0 Å². The van der Waals surface area contributed by atoms with Crippen molar-refractivity contribution in [3.05, 3.63) is 239 Å². The molecule has 0 bridgehead atoms. The second-order valence-electron chi connectivity index (χ2n) is 22.7. The average molecular weight is 1110 g/mol. The Morgan fingerprint density at radius 1 is 0.301 bits per heavy atom. The van der Waals surface area contributed by atoms with E-state index in [1.807, 2.05) is 0 Å². The molecule has 4 atom stereocenters. The maximum atomic E-state index is 6.22. The molecular formula is C73H76N2O8. The fourth-order valence-electron chi connectivity index (χ4n) is 12.7. The number of anilines is 6. The maximum absolute atomic E-state index is 6.22. The second kappa shape index (κ2) is 26.3. The van der Waals surface area contributed by atoms with Crippen LogP contribution in [0.4, 0.5) is 34.1 Å². The molecule has 5 aliphatic rings. The van der Waals surface area contributed by atoms with Crippen LogP contribution in [0.1, 0.15) is 122 Å². The summed E-state index contributed by atoms with van der Waals surface area (Å²) in [6.45, 7) is 5.05. The van der Waals surface area contributed by atoms with Crippen molar-refractivity contribution in [2.75, 3.05) is 36.2 Å². The van der Waals surface area contributed by atoms with Crippen molar-refractivity contribution in [1.29, 1.82) is 0 Å². The first-order valence-corrected chi connectivity index (χ1v) is 30.4. The van der Waals surface area contributed by atoms with Crippen LogP contribution in [-0.4, -0.2) is 51.6 Å². The average Bonchev–Trinajstić information content (AvgIpc) is 2.09. The SMILES string of the molecule is c1ccc2c(c1)-c1ccccc1C2(c1ccc(N(c2ccc(COC3CCCCO3)cc2)c2ccc(COC3CCCCO3)cc2)cc1)c1ccc(N(c2ccc(COC3CCCCO3)cc2)c2ccc(COC3CCCCO3)cc2)cc1. The molecule has 1 aliphatic carbocycles. The largest absolute Gasteiger partial charge is 0.353 e. The Morgan fingerprint density at radius 2 is 0.554 bits per heavy atom. The molecule has 4 fully saturated rings. The van der Waals surface area contributed by atoms with Crippen LogP contribution in [0.3, 0.4) is 0 Å². The Hall–Kier alpha value is -6.96. The predicted molar refractivity (Wildman–Crippen MR) is 327 cm³/mol. The zero-order valence-corrected chi connectivity index (χ0v) is 47.6. The number of hydrogen-bond acceptors (Lipinski definition) is 10. The van der Waals surface area contributed by atoms with Crippen molar-refractivity contribution in [2.45, 2.75) is 134 Å². The van der Waals surface area contributed by atoms with Gasteiger partial charge in [-0.2, -0.15) is 0 Å². The Kier molecular flexibility index (Phi) is 17.5. The monoisotopic (exact) mass is 1110 g/mol. The minimum atomic E-state index is -0.624. The molecule has 4 unspecified atom stereocenters. The minimum Gasteiger partial charge on any atom is -0.353 e. The Morgan fingerprint density at radius 3 is 0.807 bits per heavy atom. The molecule has 83 heavy (non-hydrogen) atoms. The van der Waals surface area contributed by atoms with Gasteiger partial charge in [0.15, 0.2) is 25.2 Å². The maximum Gasteiger partial charge on any atom is 0.158 e. The first-order chi connectivity index (χ1) is 41.1.